The van der Waals surface area contributed by atoms with E-state index in [0.29, 0.717) is 23.8 Å². The van der Waals surface area contributed by atoms with Gasteiger partial charge in [-0.05, 0) is 36.6 Å². The SMILES string of the molecule is COc1cc(C(Cc2ccccc2)C(C)NCC=O)cc(OC)c1OC. The summed E-state index contributed by atoms with van der Waals surface area (Å²) in [6.07, 6.45) is 1.71. The lowest BCUT2D eigenvalue weighted by Gasteiger charge is -2.26. The molecule has 0 spiro atoms. The average molecular weight is 357 g/mol. The van der Waals surface area contributed by atoms with Gasteiger partial charge in [0.2, 0.25) is 5.75 Å². The Morgan fingerprint density at radius 2 is 1.62 bits per heavy atom. The topological polar surface area (TPSA) is 56.8 Å². The van der Waals surface area contributed by atoms with Crippen LogP contribution >= 0.6 is 0 Å². The van der Waals surface area contributed by atoms with Gasteiger partial charge in [-0.3, -0.25) is 0 Å². The molecule has 0 amide bonds. The molecule has 0 aliphatic rings. The Hall–Kier alpha value is -2.53. The summed E-state index contributed by atoms with van der Waals surface area (Å²) < 4.78 is 16.4. The highest BCUT2D eigenvalue weighted by Crippen LogP contribution is 2.41. The minimum absolute atomic E-state index is 0.0863. The van der Waals surface area contributed by atoms with Crippen LogP contribution in [0.15, 0.2) is 42.5 Å². The Kier molecular flexibility index (Phi) is 7.48. The van der Waals surface area contributed by atoms with Gasteiger partial charge in [0, 0.05) is 12.0 Å². The third-order valence-corrected chi connectivity index (χ3v) is 4.54. The van der Waals surface area contributed by atoms with Gasteiger partial charge in [-0.15, -0.1) is 0 Å². The largest absolute Gasteiger partial charge is 0.493 e. The summed E-state index contributed by atoms with van der Waals surface area (Å²) in [6, 6.07) is 14.3. The van der Waals surface area contributed by atoms with E-state index >= 15 is 0 Å². The molecule has 2 atom stereocenters. The fourth-order valence-corrected chi connectivity index (χ4v) is 3.14. The van der Waals surface area contributed by atoms with Crippen LogP contribution in [0.1, 0.15) is 24.0 Å². The quantitative estimate of drug-likeness (QED) is 0.662. The summed E-state index contributed by atoms with van der Waals surface area (Å²) in [6.45, 7) is 2.40. The molecule has 0 bridgehead atoms. The minimum Gasteiger partial charge on any atom is -0.493 e. The van der Waals surface area contributed by atoms with Crippen molar-refractivity contribution in [3.8, 4) is 17.2 Å². The van der Waals surface area contributed by atoms with Crippen LogP contribution in [0.4, 0.5) is 0 Å². The number of hydrogen-bond acceptors (Lipinski definition) is 5. The molecule has 140 valence electrons. The molecule has 2 unspecified atom stereocenters. The zero-order valence-corrected chi connectivity index (χ0v) is 15.8. The van der Waals surface area contributed by atoms with Crippen molar-refractivity contribution in [2.75, 3.05) is 27.9 Å². The van der Waals surface area contributed by atoms with Crippen LogP contribution in [0, 0.1) is 0 Å². The summed E-state index contributed by atoms with van der Waals surface area (Å²) in [7, 11) is 4.82. The molecule has 5 heteroatoms. The molecule has 5 nitrogen and oxygen atoms in total. The number of ether oxygens (including phenoxy) is 3. The number of methoxy groups -OCH3 is 3. The zero-order valence-electron chi connectivity index (χ0n) is 15.8. The highest BCUT2D eigenvalue weighted by atomic mass is 16.5. The molecule has 0 aliphatic carbocycles. The maximum absolute atomic E-state index is 10.8. The van der Waals surface area contributed by atoms with Crippen LogP contribution in [0.2, 0.25) is 0 Å². The number of carbonyl (C=O) groups is 1. The molecule has 2 aromatic rings. The monoisotopic (exact) mass is 357 g/mol. The number of hydrogen-bond donors (Lipinski definition) is 1. The van der Waals surface area contributed by atoms with E-state index in [4.69, 9.17) is 14.2 Å². The highest BCUT2D eigenvalue weighted by Gasteiger charge is 2.23. The first-order chi connectivity index (χ1) is 12.6. The Morgan fingerprint density at radius 1 is 1.00 bits per heavy atom. The third kappa shape index (κ3) is 4.76. The van der Waals surface area contributed by atoms with E-state index < -0.39 is 0 Å². The third-order valence-electron chi connectivity index (χ3n) is 4.54. The smallest absolute Gasteiger partial charge is 0.203 e. The van der Waals surface area contributed by atoms with Crippen LogP contribution in [-0.4, -0.2) is 40.2 Å². The fourth-order valence-electron chi connectivity index (χ4n) is 3.14. The molecule has 0 saturated heterocycles. The van der Waals surface area contributed by atoms with Crippen LogP contribution in [0.25, 0.3) is 0 Å². The maximum atomic E-state index is 10.8. The summed E-state index contributed by atoms with van der Waals surface area (Å²) in [4.78, 5) is 10.8. The molecule has 0 radical (unpaired) electrons. The van der Waals surface area contributed by atoms with Crippen molar-refractivity contribution in [1.82, 2.24) is 5.32 Å². The Bertz CT molecular complexity index is 677. The number of carbonyl (C=O) groups excluding carboxylic acids is 1. The molecule has 0 saturated carbocycles. The van der Waals surface area contributed by atoms with Crippen molar-refractivity contribution < 1.29 is 19.0 Å². The molecule has 26 heavy (non-hydrogen) atoms. The zero-order chi connectivity index (χ0) is 18.9. The second kappa shape index (κ2) is 9.82. The van der Waals surface area contributed by atoms with Crippen LogP contribution in [-0.2, 0) is 11.2 Å². The second-order valence-corrected chi connectivity index (χ2v) is 6.12. The number of rotatable bonds is 10. The van der Waals surface area contributed by atoms with Gasteiger partial charge >= 0.3 is 0 Å². The molecule has 2 aromatic carbocycles. The molecule has 2 rings (SSSR count). The van der Waals surface area contributed by atoms with Gasteiger partial charge in [0.15, 0.2) is 11.5 Å². The first-order valence-electron chi connectivity index (χ1n) is 8.65. The lowest BCUT2D eigenvalue weighted by atomic mass is 9.86. The van der Waals surface area contributed by atoms with Crippen molar-refractivity contribution >= 4 is 6.29 Å². The fraction of sp³-hybridized carbons (Fsp3) is 0.381. The summed E-state index contributed by atoms with van der Waals surface area (Å²) in [5.41, 5.74) is 2.29. The predicted molar refractivity (Wildman–Crippen MR) is 103 cm³/mol. The van der Waals surface area contributed by atoms with E-state index in [9.17, 15) is 4.79 Å². The average Bonchev–Trinajstić information content (AvgIpc) is 2.69. The predicted octanol–water partition coefficient (Wildman–Crippen LogP) is 3.22. The molecule has 0 aliphatic heterocycles. The van der Waals surface area contributed by atoms with E-state index in [2.05, 4.69) is 24.4 Å². The van der Waals surface area contributed by atoms with E-state index in [1.807, 2.05) is 30.3 Å². The molecule has 0 aromatic heterocycles. The lowest BCUT2D eigenvalue weighted by Crippen LogP contribution is -2.34. The molecule has 1 N–H and O–H groups in total. The van der Waals surface area contributed by atoms with E-state index in [1.54, 1.807) is 21.3 Å². The first-order valence-corrected chi connectivity index (χ1v) is 8.65. The minimum atomic E-state index is 0.0863. The van der Waals surface area contributed by atoms with Crippen molar-refractivity contribution in [1.29, 1.82) is 0 Å². The lowest BCUT2D eigenvalue weighted by molar-refractivity contribution is -0.107. The van der Waals surface area contributed by atoms with Gasteiger partial charge in [0.1, 0.15) is 6.29 Å². The van der Waals surface area contributed by atoms with Crippen LogP contribution in [0.3, 0.4) is 0 Å². The van der Waals surface area contributed by atoms with Gasteiger partial charge in [-0.25, -0.2) is 0 Å². The normalized spacial score (nSPS) is 12.9. The van der Waals surface area contributed by atoms with Gasteiger partial charge in [0.25, 0.3) is 0 Å². The van der Waals surface area contributed by atoms with Crippen molar-refractivity contribution in [3.63, 3.8) is 0 Å². The summed E-state index contributed by atoms with van der Waals surface area (Å²) >= 11 is 0. The second-order valence-electron chi connectivity index (χ2n) is 6.12. The van der Waals surface area contributed by atoms with Gasteiger partial charge in [-0.2, -0.15) is 0 Å². The van der Waals surface area contributed by atoms with Crippen LogP contribution < -0.4 is 19.5 Å². The molecule has 0 heterocycles. The van der Waals surface area contributed by atoms with Crippen LogP contribution in [0.5, 0.6) is 17.2 Å². The Labute approximate surface area is 155 Å². The van der Waals surface area contributed by atoms with Crippen molar-refractivity contribution in [3.05, 3.63) is 53.6 Å². The Morgan fingerprint density at radius 3 is 2.12 bits per heavy atom. The summed E-state index contributed by atoms with van der Waals surface area (Å²) in [5, 5.41) is 3.27. The number of aldehydes is 1. The summed E-state index contributed by atoms with van der Waals surface area (Å²) in [5.74, 6) is 1.96. The van der Waals surface area contributed by atoms with Crippen molar-refractivity contribution in [2.45, 2.75) is 25.3 Å². The first kappa shape index (κ1) is 19.8. The number of benzene rings is 2. The molecule has 0 fully saturated rings. The van der Waals surface area contributed by atoms with Gasteiger partial charge in [-0.1, -0.05) is 30.3 Å². The molecular weight excluding hydrogens is 330 g/mol. The number of nitrogens with one attached hydrogen (secondary N) is 1. The Balaban J connectivity index is 2.44. The highest BCUT2D eigenvalue weighted by molar-refractivity contribution is 5.55. The van der Waals surface area contributed by atoms with Gasteiger partial charge < -0.3 is 24.3 Å². The van der Waals surface area contributed by atoms with E-state index in [-0.39, 0.29) is 12.0 Å². The van der Waals surface area contributed by atoms with Crippen molar-refractivity contribution in [2.24, 2.45) is 0 Å². The van der Waals surface area contributed by atoms with E-state index in [0.717, 1.165) is 18.3 Å². The standard InChI is InChI=1S/C21H27NO4/c1-15(22-10-11-23)18(12-16-8-6-5-7-9-16)17-13-19(24-2)21(26-4)20(14-17)25-3/h5-9,11,13-15,18,22H,10,12H2,1-4H3. The van der Waals surface area contributed by atoms with E-state index in [1.165, 1.54) is 5.56 Å². The molecular formula is C21H27NO4. The van der Waals surface area contributed by atoms with Gasteiger partial charge in [0.05, 0.1) is 27.9 Å². The maximum Gasteiger partial charge on any atom is 0.203 e.